The topological polar surface area (TPSA) is 95.1 Å². The van der Waals surface area contributed by atoms with E-state index >= 15 is 0 Å². The van der Waals surface area contributed by atoms with E-state index in [-0.39, 0.29) is 11.2 Å². The van der Waals surface area contributed by atoms with E-state index in [9.17, 15) is 4.79 Å². The van der Waals surface area contributed by atoms with Gasteiger partial charge >= 0.3 is 0 Å². The molecule has 158 valence electrons. The van der Waals surface area contributed by atoms with Gasteiger partial charge in [0.2, 0.25) is 11.1 Å². The van der Waals surface area contributed by atoms with E-state index in [1.807, 2.05) is 31.2 Å². The molecule has 0 bridgehead atoms. The molecule has 3 rings (SSSR count). The largest absolute Gasteiger partial charge is 0.497 e. The number of hydrogen-bond acceptors (Lipinski definition) is 6. The fraction of sp³-hybridized carbons (Fsp3) is 0.571. The number of thioether (sulfide) groups is 1. The van der Waals surface area contributed by atoms with Crippen LogP contribution in [0, 0.1) is 5.92 Å². The van der Waals surface area contributed by atoms with Crippen LogP contribution in [0.5, 0.6) is 5.75 Å². The van der Waals surface area contributed by atoms with Crippen LogP contribution in [-0.4, -0.2) is 33.1 Å². The van der Waals surface area contributed by atoms with Gasteiger partial charge in [-0.2, -0.15) is 0 Å². The Morgan fingerprint density at radius 1 is 1.28 bits per heavy atom. The molecule has 1 aromatic heterocycles. The summed E-state index contributed by atoms with van der Waals surface area (Å²) in [6.45, 7) is 2.32. The first-order chi connectivity index (χ1) is 14.1. The van der Waals surface area contributed by atoms with Crippen LogP contribution in [-0.2, 0) is 17.8 Å². The summed E-state index contributed by atoms with van der Waals surface area (Å²) < 4.78 is 6.69. The number of nitrogens with one attached hydrogen (secondary N) is 1. The molecule has 1 saturated carbocycles. The molecule has 0 spiro atoms. The van der Waals surface area contributed by atoms with Crippen LogP contribution in [0.1, 0.15) is 56.8 Å². The molecule has 1 heterocycles. The zero-order chi connectivity index (χ0) is 20.6. The number of carbonyl (C=O) groups excluding carboxylic acids is 1. The number of ether oxygens (including phenoxy) is 1. The van der Waals surface area contributed by atoms with Gasteiger partial charge in [0.1, 0.15) is 5.75 Å². The lowest BCUT2D eigenvalue weighted by Gasteiger charge is -2.20. The Labute approximate surface area is 176 Å². The number of nitrogens with zero attached hydrogens (tertiary/aromatic N) is 3. The fourth-order valence-corrected chi connectivity index (χ4v) is 4.47. The van der Waals surface area contributed by atoms with Crippen molar-refractivity contribution < 1.29 is 9.53 Å². The molecule has 1 atom stereocenters. The fourth-order valence-electron chi connectivity index (χ4n) is 3.66. The van der Waals surface area contributed by atoms with E-state index in [2.05, 4.69) is 15.5 Å². The molecule has 0 saturated heterocycles. The van der Waals surface area contributed by atoms with Crippen LogP contribution in [0.2, 0.25) is 0 Å². The second-order valence-corrected chi connectivity index (χ2v) is 8.95. The molecule has 3 N–H and O–H groups in total. The van der Waals surface area contributed by atoms with Crippen molar-refractivity contribution in [3.8, 4) is 5.75 Å². The predicted molar refractivity (Wildman–Crippen MR) is 115 cm³/mol. The molecule has 8 heteroatoms. The first kappa shape index (κ1) is 21.5. The van der Waals surface area contributed by atoms with Crippen LogP contribution in [0.25, 0.3) is 0 Å². The molecule has 1 aliphatic carbocycles. The number of aromatic nitrogens is 3. The average molecular weight is 418 g/mol. The Morgan fingerprint density at radius 2 is 2.00 bits per heavy atom. The number of nitrogens with two attached hydrogens (primary N) is 1. The minimum Gasteiger partial charge on any atom is -0.497 e. The van der Waals surface area contributed by atoms with E-state index in [4.69, 9.17) is 10.6 Å². The highest BCUT2D eigenvalue weighted by molar-refractivity contribution is 8.00. The third-order valence-corrected chi connectivity index (χ3v) is 6.57. The third-order valence-electron chi connectivity index (χ3n) is 5.51. The molecule has 1 aromatic carbocycles. The van der Waals surface area contributed by atoms with E-state index < -0.39 is 0 Å². The van der Waals surface area contributed by atoms with Crippen LogP contribution >= 0.6 is 11.8 Å². The summed E-state index contributed by atoms with van der Waals surface area (Å²) in [5, 5.41) is 11.7. The zero-order valence-corrected chi connectivity index (χ0v) is 18.1. The minimum atomic E-state index is -0.314. The number of hydrogen-bond donors (Lipinski definition) is 2. The molecule has 2 aromatic rings. The second kappa shape index (κ2) is 10.5. The molecular weight excluding hydrogens is 386 g/mol. The normalized spacial score (nSPS) is 15.8. The average Bonchev–Trinajstić information content (AvgIpc) is 3.10. The Kier molecular flexibility index (Phi) is 7.80. The van der Waals surface area contributed by atoms with Gasteiger partial charge in [-0.3, -0.25) is 4.79 Å². The maximum atomic E-state index is 12.4. The van der Waals surface area contributed by atoms with Gasteiger partial charge in [-0.05, 0) is 37.0 Å². The van der Waals surface area contributed by atoms with Crippen LogP contribution in [0.3, 0.4) is 0 Å². The van der Waals surface area contributed by atoms with Gasteiger partial charge in [-0.1, -0.05) is 56.0 Å². The summed E-state index contributed by atoms with van der Waals surface area (Å²) >= 11 is 1.33. The summed E-state index contributed by atoms with van der Waals surface area (Å²) in [6.07, 6.45) is 8.61. The van der Waals surface area contributed by atoms with Crippen molar-refractivity contribution in [2.75, 3.05) is 13.0 Å². The Hall–Kier alpha value is -2.22. The first-order valence-electron chi connectivity index (χ1n) is 10.3. The summed E-state index contributed by atoms with van der Waals surface area (Å²) in [5.41, 5.74) is 1.02. The number of nitrogen functional groups attached to an aromatic ring is 1. The quantitative estimate of drug-likeness (QED) is 0.480. The maximum Gasteiger partial charge on any atom is 0.233 e. The Morgan fingerprint density at radius 3 is 2.69 bits per heavy atom. The van der Waals surface area contributed by atoms with Crippen molar-refractivity contribution in [3.05, 3.63) is 35.7 Å². The van der Waals surface area contributed by atoms with Gasteiger partial charge < -0.3 is 15.9 Å². The number of methoxy groups -OCH3 is 1. The van der Waals surface area contributed by atoms with Crippen molar-refractivity contribution in [1.29, 1.82) is 0 Å². The number of rotatable bonds is 9. The molecule has 29 heavy (non-hydrogen) atoms. The van der Waals surface area contributed by atoms with Crippen LogP contribution in [0.15, 0.2) is 29.4 Å². The third kappa shape index (κ3) is 6.13. The molecule has 1 amide bonds. The molecule has 0 unspecified atom stereocenters. The zero-order valence-electron chi connectivity index (χ0n) is 17.3. The Balaban J connectivity index is 1.46. The molecule has 7 nitrogen and oxygen atoms in total. The minimum absolute atomic E-state index is 0.0578. The highest BCUT2D eigenvalue weighted by Gasteiger charge is 2.20. The van der Waals surface area contributed by atoms with Crippen LogP contribution in [0.4, 0.5) is 0 Å². The smallest absolute Gasteiger partial charge is 0.233 e. The van der Waals surface area contributed by atoms with Gasteiger partial charge in [0.15, 0.2) is 5.82 Å². The predicted octanol–water partition coefficient (Wildman–Crippen LogP) is 3.31. The number of benzene rings is 1. The number of aryl methyl sites for hydroxylation is 1. The lowest BCUT2D eigenvalue weighted by atomic mass is 9.86. The lowest BCUT2D eigenvalue weighted by Crippen LogP contribution is -2.31. The van der Waals surface area contributed by atoms with Crippen molar-refractivity contribution in [3.63, 3.8) is 0 Å². The summed E-state index contributed by atoms with van der Waals surface area (Å²) in [4.78, 5) is 12.4. The molecule has 1 aliphatic rings. The number of amides is 1. The first-order valence-corrected chi connectivity index (χ1v) is 11.2. The van der Waals surface area contributed by atoms with E-state index in [1.165, 1.54) is 43.9 Å². The second-order valence-electron chi connectivity index (χ2n) is 7.64. The van der Waals surface area contributed by atoms with Gasteiger partial charge in [0.25, 0.3) is 0 Å². The monoisotopic (exact) mass is 417 g/mol. The molecular formula is C21H31N5O2S. The highest BCUT2D eigenvalue weighted by Crippen LogP contribution is 2.28. The van der Waals surface area contributed by atoms with E-state index in [0.717, 1.165) is 35.9 Å². The van der Waals surface area contributed by atoms with Crippen molar-refractivity contribution >= 4 is 17.7 Å². The lowest BCUT2D eigenvalue weighted by molar-refractivity contribution is -0.120. The summed E-state index contributed by atoms with van der Waals surface area (Å²) in [7, 11) is 1.63. The summed E-state index contributed by atoms with van der Waals surface area (Å²) in [6, 6.07) is 7.63. The van der Waals surface area contributed by atoms with E-state index in [0.29, 0.717) is 11.7 Å². The SMILES string of the molecule is COc1ccc(CNC(=O)[C@H](C)Sc2nnc(CCC3CCCCC3)n2N)cc1. The molecule has 0 radical (unpaired) electrons. The summed E-state index contributed by atoms with van der Waals surface area (Å²) in [5.74, 6) is 8.50. The maximum absolute atomic E-state index is 12.4. The van der Waals surface area contributed by atoms with Crippen LogP contribution < -0.4 is 15.9 Å². The van der Waals surface area contributed by atoms with Crippen molar-refractivity contribution in [1.82, 2.24) is 20.2 Å². The standard InChI is InChI=1S/C21H31N5O2S/c1-15(20(27)23-14-17-8-11-18(28-2)12-9-17)29-21-25-24-19(26(21)22)13-10-16-6-4-3-5-7-16/h8-9,11-12,15-16H,3-7,10,13-14,22H2,1-2H3,(H,23,27)/t15-/m0/s1. The molecule has 0 aliphatic heterocycles. The highest BCUT2D eigenvalue weighted by atomic mass is 32.2. The van der Waals surface area contributed by atoms with Crippen molar-refractivity contribution in [2.45, 2.75) is 68.8 Å². The Bertz CT molecular complexity index is 787. The van der Waals surface area contributed by atoms with Gasteiger partial charge in [-0.15, -0.1) is 10.2 Å². The molecule has 1 fully saturated rings. The van der Waals surface area contributed by atoms with Gasteiger partial charge in [0.05, 0.1) is 12.4 Å². The van der Waals surface area contributed by atoms with Crippen molar-refractivity contribution in [2.24, 2.45) is 5.92 Å². The van der Waals surface area contributed by atoms with E-state index in [1.54, 1.807) is 11.8 Å². The van der Waals surface area contributed by atoms with Gasteiger partial charge in [-0.25, -0.2) is 4.68 Å². The number of carbonyl (C=O) groups is 1. The van der Waals surface area contributed by atoms with Gasteiger partial charge in [0, 0.05) is 13.0 Å².